The second kappa shape index (κ2) is 10.4. The summed E-state index contributed by atoms with van der Waals surface area (Å²) in [6.07, 6.45) is -21.1. The van der Waals surface area contributed by atoms with Crippen LogP contribution < -0.4 is 0 Å². The fourth-order valence-corrected chi connectivity index (χ4v) is 3.04. The highest BCUT2D eigenvalue weighted by molar-refractivity contribution is 6.59. The first-order valence-corrected chi connectivity index (χ1v) is 9.69. The van der Waals surface area contributed by atoms with Gasteiger partial charge < -0.3 is 0 Å². The molecule has 0 amide bonds. The molecule has 38 heavy (non-hydrogen) atoms. The Morgan fingerprint density at radius 2 is 0.947 bits per heavy atom. The van der Waals surface area contributed by atoms with Crippen LogP contribution in [0.1, 0.15) is 0 Å². The van der Waals surface area contributed by atoms with Gasteiger partial charge in [0.2, 0.25) is 18.0 Å². The SMILES string of the molecule is FCC(F)(C(Cl)=C(Cl)Cl)C(F)(F)C(F)(C(F)(F)F)C(F)(F)C(F)(F)C(F)(F)C(F)C(F)(F)C(F)C(F)(F)Cl. The lowest BCUT2D eigenvalue weighted by Gasteiger charge is -2.47. The van der Waals surface area contributed by atoms with E-state index >= 15 is 0 Å². The maximum absolute atomic E-state index is 14.6. The number of rotatable bonds is 11. The first-order valence-electron chi connectivity index (χ1n) is 8.18. The van der Waals surface area contributed by atoms with Crippen molar-refractivity contribution in [2.24, 2.45) is 0 Å². The van der Waals surface area contributed by atoms with Crippen molar-refractivity contribution < 1.29 is 87.8 Å². The van der Waals surface area contributed by atoms with E-state index in [1.165, 1.54) is 0 Å². The summed E-state index contributed by atoms with van der Waals surface area (Å²) < 4.78 is 269. The molecule has 4 atom stereocenters. The summed E-state index contributed by atoms with van der Waals surface area (Å²) in [7, 11) is 0. The van der Waals surface area contributed by atoms with Gasteiger partial charge in [0.15, 0.2) is 0 Å². The molecule has 0 fully saturated rings. The van der Waals surface area contributed by atoms with Gasteiger partial charge in [-0.1, -0.05) is 34.8 Å². The van der Waals surface area contributed by atoms with Gasteiger partial charge in [-0.05, 0) is 11.6 Å². The van der Waals surface area contributed by atoms with Crippen LogP contribution >= 0.6 is 46.4 Å². The molecule has 228 valence electrons. The van der Waals surface area contributed by atoms with E-state index < -0.39 is 81.0 Å². The molecule has 0 aliphatic heterocycles. The zero-order valence-corrected chi connectivity index (χ0v) is 19.5. The van der Waals surface area contributed by atoms with Gasteiger partial charge in [0, 0.05) is 0 Å². The normalized spacial score (nSPS) is 19.9. The minimum absolute atomic E-state index is 2.31. The molecule has 0 spiro atoms. The Morgan fingerprint density at radius 1 is 0.579 bits per heavy atom. The molecule has 0 aromatic heterocycles. The van der Waals surface area contributed by atoms with Crippen LogP contribution in [0, 0.1) is 0 Å². The van der Waals surface area contributed by atoms with E-state index in [4.69, 9.17) is 0 Å². The number of alkyl halides is 21. The molecule has 24 heteroatoms. The van der Waals surface area contributed by atoms with Crippen LogP contribution in [0.15, 0.2) is 9.52 Å². The van der Waals surface area contributed by atoms with E-state index in [0.29, 0.717) is 0 Å². The summed E-state index contributed by atoms with van der Waals surface area (Å²) in [5.74, 6) is -41.9. The maximum atomic E-state index is 14.6. The molecular formula is C14H4Cl4F20. The number of hydrogen-bond acceptors (Lipinski definition) is 0. The third kappa shape index (κ3) is 5.16. The Labute approximate surface area is 215 Å². The van der Waals surface area contributed by atoms with Gasteiger partial charge in [0.05, 0.1) is 5.03 Å². The lowest BCUT2D eigenvalue weighted by Crippen LogP contribution is -2.79. The minimum Gasteiger partial charge on any atom is -0.247 e. The summed E-state index contributed by atoms with van der Waals surface area (Å²) in [6.45, 7) is -3.92. The molecule has 0 bridgehead atoms. The van der Waals surface area contributed by atoms with Gasteiger partial charge in [-0.25, -0.2) is 22.0 Å². The standard InChI is InChI=1S/C14H4Cl4F20/c15-2(3(16)17)6(22,1-19)11(30,31)10(29,14(36,37)38)13(34,35)12(32,33)8(25,26)4(20)7(23,24)5(21)9(18,27)28/h4-5H,1H2. The van der Waals surface area contributed by atoms with Gasteiger partial charge in [0.25, 0.3) is 0 Å². The highest BCUT2D eigenvalue weighted by Gasteiger charge is 2.96. The molecule has 0 saturated carbocycles. The van der Waals surface area contributed by atoms with Crippen LogP contribution in [-0.2, 0) is 0 Å². The largest absolute Gasteiger partial charge is 0.435 e. The zero-order valence-electron chi connectivity index (χ0n) is 16.4. The summed E-state index contributed by atoms with van der Waals surface area (Å²) in [4.78, 5) is 0. The van der Waals surface area contributed by atoms with Crippen molar-refractivity contribution in [1.82, 2.24) is 0 Å². The Kier molecular flexibility index (Phi) is 10.3. The average Bonchev–Trinajstić information content (AvgIpc) is 2.73. The second-order valence-corrected chi connectivity index (χ2v) is 8.78. The van der Waals surface area contributed by atoms with Crippen LogP contribution in [0.3, 0.4) is 0 Å². The van der Waals surface area contributed by atoms with Crippen molar-refractivity contribution in [2.75, 3.05) is 6.67 Å². The van der Waals surface area contributed by atoms with Crippen molar-refractivity contribution in [2.45, 2.75) is 64.9 Å². The lowest BCUT2D eigenvalue weighted by molar-refractivity contribution is -0.443. The Morgan fingerprint density at radius 3 is 1.21 bits per heavy atom. The van der Waals surface area contributed by atoms with E-state index in [0.717, 1.165) is 0 Å². The summed E-state index contributed by atoms with van der Waals surface area (Å²) in [5, 5.41) is -9.24. The van der Waals surface area contributed by atoms with Crippen molar-refractivity contribution in [1.29, 1.82) is 0 Å². The van der Waals surface area contributed by atoms with E-state index in [-0.39, 0.29) is 0 Å². The molecule has 0 nitrogen and oxygen atoms in total. The topological polar surface area (TPSA) is 0 Å². The first kappa shape index (κ1) is 37.5. The molecule has 0 saturated heterocycles. The zero-order chi connectivity index (χ0) is 31.5. The van der Waals surface area contributed by atoms with Gasteiger partial charge in [-0.3, -0.25) is 0 Å². The van der Waals surface area contributed by atoms with E-state index in [2.05, 4.69) is 46.4 Å². The van der Waals surface area contributed by atoms with Crippen LogP contribution in [0.25, 0.3) is 0 Å². The highest BCUT2D eigenvalue weighted by Crippen LogP contribution is 2.66. The monoisotopic (exact) mass is 692 g/mol. The summed E-state index contributed by atoms with van der Waals surface area (Å²) in [6, 6.07) is 0. The molecule has 0 aliphatic rings. The number of hydrogen-bond donors (Lipinski definition) is 0. The van der Waals surface area contributed by atoms with Gasteiger partial charge >= 0.3 is 46.8 Å². The van der Waals surface area contributed by atoms with E-state index in [1.807, 2.05) is 0 Å². The lowest BCUT2D eigenvalue weighted by atomic mass is 9.76. The molecule has 0 aliphatic carbocycles. The fraction of sp³-hybridized carbons (Fsp3) is 0.857. The van der Waals surface area contributed by atoms with Gasteiger partial charge in [0.1, 0.15) is 11.2 Å². The quantitative estimate of drug-likeness (QED) is 0.149. The minimum atomic E-state index is -9.07. The molecule has 0 aromatic carbocycles. The van der Waals surface area contributed by atoms with Gasteiger partial charge in [-0.15, -0.1) is 0 Å². The van der Waals surface area contributed by atoms with Crippen LogP contribution in [0.5, 0.6) is 0 Å². The van der Waals surface area contributed by atoms with Crippen molar-refractivity contribution >= 4 is 46.4 Å². The smallest absolute Gasteiger partial charge is 0.247 e. The fourth-order valence-electron chi connectivity index (χ4n) is 2.43. The molecular weight excluding hydrogens is 690 g/mol. The third-order valence-corrected chi connectivity index (χ3v) is 5.80. The van der Waals surface area contributed by atoms with Crippen molar-refractivity contribution in [3.8, 4) is 0 Å². The molecule has 0 radical (unpaired) electrons. The second-order valence-electron chi connectivity index (χ2n) is 6.95. The molecule has 0 rings (SSSR count). The van der Waals surface area contributed by atoms with Crippen LogP contribution in [0.4, 0.5) is 87.8 Å². The van der Waals surface area contributed by atoms with E-state index in [9.17, 15) is 87.8 Å². The molecule has 4 unspecified atom stereocenters. The molecule has 0 heterocycles. The Hall–Kier alpha value is -0.500. The molecule has 0 aromatic rings. The van der Waals surface area contributed by atoms with Crippen LogP contribution in [0.2, 0.25) is 0 Å². The maximum Gasteiger partial charge on any atom is 0.435 e. The van der Waals surface area contributed by atoms with Crippen molar-refractivity contribution in [3.63, 3.8) is 0 Å². The van der Waals surface area contributed by atoms with Crippen LogP contribution in [-0.4, -0.2) is 71.5 Å². The Balaban J connectivity index is 7.55. The predicted molar refractivity (Wildman–Crippen MR) is 89.6 cm³/mol. The summed E-state index contributed by atoms with van der Waals surface area (Å²) >= 11 is 17.3. The third-order valence-electron chi connectivity index (χ3n) is 4.55. The van der Waals surface area contributed by atoms with Gasteiger partial charge in [-0.2, -0.15) is 65.9 Å². The average molecular weight is 694 g/mol. The Bertz CT molecular complexity index is 889. The number of allylic oxidation sites excluding steroid dienone is 1. The number of halogens is 24. The summed E-state index contributed by atoms with van der Waals surface area (Å²) in [5.41, 5.74) is -15.3. The highest BCUT2D eigenvalue weighted by atomic mass is 35.5. The predicted octanol–water partition coefficient (Wildman–Crippen LogP) is 9.50. The van der Waals surface area contributed by atoms with Crippen molar-refractivity contribution in [3.05, 3.63) is 9.52 Å². The molecule has 0 N–H and O–H groups in total. The van der Waals surface area contributed by atoms with E-state index in [1.54, 1.807) is 0 Å². The first-order chi connectivity index (χ1) is 16.2.